The van der Waals surface area contributed by atoms with Gasteiger partial charge in [0.15, 0.2) is 0 Å². The summed E-state index contributed by atoms with van der Waals surface area (Å²) in [6.07, 6.45) is 7.87. The Morgan fingerprint density at radius 3 is 2.46 bits per heavy atom. The Balaban J connectivity index is 1.36. The maximum absolute atomic E-state index is 4.54. The van der Waals surface area contributed by atoms with Crippen LogP contribution in [0.5, 0.6) is 0 Å². The number of rotatable bonds is 6. The molecule has 1 aliphatic heterocycles. The molecule has 0 atom stereocenters. The molecule has 0 amide bonds. The highest BCUT2D eigenvalue weighted by molar-refractivity contribution is 5.61. The molecule has 0 spiro atoms. The molecule has 1 aliphatic rings. The predicted molar refractivity (Wildman–Crippen MR) is 114 cm³/mol. The number of nitrogens with one attached hydrogen (secondary N) is 2. The zero-order valence-corrected chi connectivity index (χ0v) is 16.2. The summed E-state index contributed by atoms with van der Waals surface area (Å²) in [4.78, 5) is 15.3. The first-order chi connectivity index (χ1) is 13.8. The van der Waals surface area contributed by atoms with Crippen LogP contribution in [0.15, 0.2) is 61.1 Å². The number of aromatic nitrogens is 3. The van der Waals surface area contributed by atoms with Gasteiger partial charge in [0.2, 0.25) is 5.95 Å². The van der Waals surface area contributed by atoms with Crippen molar-refractivity contribution in [3.8, 4) is 0 Å². The number of anilines is 4. The van der Waals surface area contributed by atoms with E-state index in [4.69, 9.17) is 0 Å². The molecule has 3 aromatic rings. The Morgan fingerprint density at radius 1 is 0.964 bits per heavy atom. The van der Waals surface area contributed by atoms with Crippen molar-refractivity contribution in [3.05, 3.63) is 66.6 Å². The molecule has 0 bridgehead atoms. The summed E-state index contributed by atoms with van der Waals surface area (Å²) in [6.45, 7) is 5.29. The molecule has 0 radical (unpaired) electrons. The number of nitrogens with zero attached hydrogens (tertiary/aromatic N) is 4. The van der Waals surface area contributed by atoms with Gasteiger partial charge >= 0.3 is 0 Å². The molecule has 6 heteroatoms. The minimum atomic E-state index is 0.598. The first-order valence-electron chi connectivity index (χ1n) is 9.84. The molecule has 144 valence electrons. The van der Waals surface area contributed by atoms with Gasteiger partial charge in [-0.05, 0) is 66.8 Å². The van der Waals surface area contributed by atoms with Crippen molar-refractivity contribution in [2.24, 2.45) is 5.92 Å². The monoisotopic (exact) mass is 374 g/mol. The Bertz CT molecular complexity index is 873. The minimum Gasteiger partial charge on any atom is -0.372 e. The van der Waals surface area contributed by atoms with E-state index in [1.165, 1.54) is 18.5 Å². The van der Waals surface area contributed by atoms with E-state index in [1.54, 1.807) is 18.6 Å². The molecule has 6 nitrogen and oxygen atoms in total. The molecular weight excluding hydrogens is 348 g/mol. The molecular formula is C22H26N6. The maximum atomic E-state index is 4.54. The maximum Gasteiger partial charge on any atom is 0.224 e. The molecule has 0 saturated carbocycles. The third kappa shape index (κ3) is 4.76. The topological polar surface area (TPSA) is 66.0 Å². The van der Waals surface area contributed by atoms with E-state index in [-0.39, 0.29) is 0 Å². The largest absolute Gasteiger partial charge is 0.372 e. The molecule has 2 N–H and O–H groups in total. The SMILES string of the molecule is CC1CCN(c2ccc(Nc3ccnc(NCc4ccncc4)n3)cc2)CC1. The normalized spacial score (nSPS) is 14.7. The third-order valence-corrected chi connectivity index (χ3v) is 5.14. The number of hydrogen-bond donors (Lipinski definition) is 2. The van der Waals surface area contributed by atoms with Crippen LogP contribution in [0.25, 0.3) is 0 Å². The lowest BCUT2D eigenvalue weighted by Crippen LogP contribution is -2.32. The summed E-state index contributed by atoms with van der Waals surface area (Å²) >= 11 is 0. The molecule has 1 aromatic carbocycles. The van der Waals surface area contributed by atoms with Gasteiger partial charge in [0.1, 0.15) is 5.82 Å². The van der Waals surface area contributed by atoms with Gasteiger partial charge in [-0.25, -0.2) is 4.98 Å². The predicted octanol–water partition coefficient (Wildman–Crippen LogP) is 4.46. The van der Waals surface area contributed by atoms with Crippen molar-refractivity contribution in [2.45, 2.75) is 26.3 Å². The van der Waals surface area contributed by atoms with Crippen LogP contribution < -0.4 is 15.5 Å². The Morgan fingerprint density at radius 2 is 1.71 bits per heavy atom. The number of pyridine rings is 1. The lowest BCUT2D eigenvalue weighted by atomic mass is 9.99. The molecule has 3 heterocycles. The van der Waals surface area contributed by atoms with Gasteiger partial charge in [0, 0.05) is 49.6 Å². The molecule has 0 unspecified atom stereocenters. The average molecular weight is 374 g/mol. The van der Waals surface area contributed by atoms with Gasteiger partial charge in [0.25, 0.3) is 0 Å². The molecule has 1 saturated heterocycles. The van der Waals surface area contributed by atoms with Crippen molar-refractivity contribution in [1.29, 1.82) is 0 Å². The fraction of sp³-hybridized carbons (Fsp3) is 0.318. The number of benzene rings is 1. The quantitative estimate of drug-likeness (QED) is 0.664. The Kier molecular flexibility index (Phi) is 5.66. The summed E-state index contributed by atoms with van der Waals surface area (Å²) in [5.74, 6) is 2.21. The van der Waals surface area contributed by atoms with Gasteiger partial charge < -0.3 is 15.5 Å². The Hall–Kier alpha value is -3.15. The van der Waals surface area contributed by atoms with E-state index in [0.29, 0.717) is 12.5 Å². The second-order valence-electron chi connectivity index (χ2n) is 7.32. The highest BCUT2D eigenvalue weighted by Crippen LogP contribution is 2.25. The zero-order valence-electron chi connectivity index (χ0n) is 16.2. The minimum absolute atomic E-state index is 0.598. The molecule has 0 aliphatic carbocycles. The summed E-state index contributed by atoms with van der Waals surface area (Å²) in [5.41, 5.74) is 3.45. The standard InChI is InChI=1S/C22H26N6/c1-17-9-14-28(15-10-17)20-4-2-19(3-5-20)26-21-8-13-24-22(27-21)25-16-18-6-11-23-12-7-18/h2-8,11-13,17H,9-10,14-16H2,1H3,(H2,24,25,26,27). The van der Waals surface area contributed by atoms with Crippen molar-refractivity contribution in [3.63, 3.8) is 0 Å². The van der Waals surface area contributed by atoms with E-state index in [0.717, 1.165) is 36.1 Å². The van der Waals surface area contributed by atoms with Crippen LogP contribution in [0.3, 0.4) is 0 Å². The van der Waals surface area contributed by atoms with Crippen LogP contribution in [-0.2, 0) is 6.54 Å². The summed E-state index contributed by atoms with van der Waals surface area (Å²) < 4.78 is 0. The van der Waals surface area contributed by atoms with E-state index in [1.807, 2.05) is 18.2 Å². The van der Waals surface area contributed by atoms with E-state index < -0.39 is 0 Å². The zero-order chi connectivity index (χ0) is 19.2. The van der Waals surface area contributed by atoms with Gasteiger partial charge in [0.05, 0.1) is 0 Å². The van der Waals surface area contributed by atoms with E-state index in [9.17, 15) is 0 Å². The van der Waals surface area contributed by atoms with Crippen LogP contribution in [0.4, 0.5) is 23.1 Å². The van der Waals surface area contributed by atoms with Crippen LogP contribution in [0.1, 0.15) is 25.3 Å². The lowest BCUT2D eigenvalue weighted by molar-refractivity contribution is 0.438. The summed E-state index contributed by atoms with van der Waals surface area (Å²) in [5, 5.41) is 6.61. The van der Waals surface area contributed by atoms with Gasteiger partial charge in [-0.2, -0.15) is 4.98 Å². The second kappa shape index (κ2) is 8.69. The summed E-state index contributed by atoms with van der Waals surface area (Å²) in [7, 11) is 0. The van der Waals surface area contributed by atoms with Crippen molar-refractivity contribution in [1.82, 2.24) is 15.0 Å². The number of piperidine rings is 1. The van der Waals surface area contributed by atoms with E-state index in [2.05, 4.69) is 61.7 Å². The van der Waals surface area contributed by atoms with Crippen molar-refractivity contribution in [2.75, 3.05) is 28.6 Å². The van der Waals surface area contributed by atoms with E-state index >= 15 is 0 Å². The molecule has 4 rings (SSSR count). The molecule has 28 heavy (non-hydrogen) atoms. The smallest absolute Gasteiger partial charge is 0.224 e. The highest BCUT2D eigenvalue weighted by Gasteiger charge is 2.15. The first kappa shape index (κ1) is 18.2. The fourth-order valence-electron chi connectivity index (χ4n) is 3.37. The number of hydrogen-bond acceptors (Lipinski definition) is 6. The van der Waals surface area contributed by atoms with Crippen molar-refractivity contribution < 1.29 is 0 Å². The highest BCUT2D eigenvalue weighted by atomic mass is 15.1. The molecule has 1 fully saturated rings. The van der Waals surface area contributed by atoms with Crippen LogP contribution in [0.2, 0.25) is 0 Å². The fourth-order valence-corrected chi connectivity index (χ4v) is 3.37. The van der Waals surface area contributed by atoms with Crippen LogP contribution in [-0.4, -0.2) is 28.0 Å². The van der Waals surface area contributed by atoms with Crippen molar-refractivity contribution >= 4 is 23.1 Å². The van der Waals surface area contributed by atoms with Gasteiger partial charge in [-0.1, -0.05) is 6.92 Å². The average Bonchev–Trinajstić information content (AvgIpc) is 2.75. The lowest BCUT2D eigenvalue weighted by Gasteiger charge is -2.32. The molecule has 2 aromatic heterocycles. The van der Waals surface area contributed by atoms with Gasteiger partial charge in [-0.15, -0.1) is 0 Å². The van der Waals surface area contributed by atoms with Crippen LogP contribution >= 0.6 is 0 Å². The summed E-state index contributed by atoms with van der Waals surface area (Å²) in [6, 6.07) is 14.4. The first-order valence-corrected chi connectivity index (χ1v) is 9.84. The Labute approximate surface area is 166 Å². The second-order valence-corrected chi connectivity index (χ2v) is 7.32. The third-order valence-electron chi connectivity index (χ3n) is 5.14. The van der Waals surface area contributed by atoms with Crippen LogP contribution in [0, 0.1) is 5.92 Å². The van der Waals surface area contributed by atoms with Gasteiger partial charge in [-0.3, -0.25) is 4.98 Å².